The third-order valence-electron chi connectivity index (χ3n) is 8.82. The molecule has 2 aliphatic carbocycles. The summed E-state index contributed by atoms with van der Waals surface area (Å²) in [6.45, 7) is 1.23. The van der Waals surface area contributed by atoms with E-state index < -0.39 is 51.5 Å². The Hall–Kier alpha value is -4.02. The van der Waals surface area contributed by atoms with Crippen LogP contribution in [0.15, 0.2) is 46.8 Å². The summed E-state index contributed by atoms with van der Waals surface area (Å²) in [6.07, 6.45) is 7.83. The summed E-state index contributed by atoms with van der Waals surface area (Å²) < 4.78 is 40.0. The molecule has 0 radical (unpaired) electrons. The number of benzene rings is 1. The Morgan fingerprint density at radius 2 is 1.90 bits per heavy atom. The topological polar surface area (TPSA) is 124 Å². The molecular formula is C29H25F2N3O5. The van der Waals surface area contributed by atoms with Crippen LogP contribution in [-0.2, 0) is 14.3 Å². The molecule has 1 saturated carbocycles. The highest BCUT2D eigenvalue weighted by Crippen LogP contribution is 2.59. The van der Waals surface area contributed by atoms with E-state index >= 15 is 0 Å². The minimum absolute atomic E-state index is 0.00347. The maximum Gasteiger partial charge on any atom is 0.262 e. The Labute approximate surface area is 223 Å². The molecule has 4 atom stereocenters. The van der Waals surface area contributed by atoms with E-state index in [1.54, 1.807) is 6.07 Å². The summed E-state index contributed by atoms with van der Waals surface area (Å²) in [5.74, 6) is -4.51. The third kappa shape index (κ3) is 3.21. The van der Waals surface area contributed by atoms with Crippen LogP contribution in [0.1, 0.15) is 57.4 Å². The second-order valence-corrected chi connectivity index (χ2v) is 10.9. The number of nitrogens with zero attached hydrogens (tertiary/aromatic N) is 3. The number of ether oxygens (including phenoxy) is 2. The van der Waals surface area contributed by atoms with Crippen molar-refractivity contribution in [1.82, 2.24) is 4.90 Å². The number of imide groups is 1. The fourth-order valence-corrected chi connectivity index (χ4v) is 7.02. The summed E-state index contributed by atoms with van der Waals surface area (Å²) in [7, 11) is 0. The fraction of sp³-hybridized carbons (Fsp3) is 0.448. The minimum Gasteiger partial charge on any atom is -0.509 e. The average molecular weight is 534 g/mol. The fourth-order valence-electron chi connectivity index (χ4n) is 7.02. The van der Waals surface area contributed by atoms with Gasteiger partial charge in [0, 0.05) is 6.42 Å². The molecule has 2 bridgehead atoms. The summed E-state index contributed by atoms with van der Waals surface area (Å²) >= 11 is 0. The lowest BCUT2D eigenvalue weighted by molar-refractivity contribution is -0.147. The molecule has 3 heterocycles. The number of halogens is 2. The summed E-state index contributed by atoms with van der Waals surface area (Å²) in [6, 6.07) is 6.09. The molecule has 1 N–H and O–H groups in total. The number of aliphatic hydroxyl groups is 1. The molecule has 10 heteroatoms. The Bertz CT molecular complexity index is 1520. The molecule has 1 aromatic rings. The predicted molar refractivity (Wildman–Crippen MR) is 131 cm³/mol. The molecule has 0 spiro atoms. The van der Waals surface area contributed by atoms with Crippen LogP contribution in [0.3, 0.4) is 0 Å². The van der Waals surface area contributed by atoms with Gasteiger partial charge in [0.25, 0.3) is 11.8 Å². The SMILES string of the molecule is CC12OC(CCOc3ccc(C#N)c(F)c3F)(C=C1O)C1=C2C(=O)N(C2(C#N)CCCC3CCCC=C32)C1=O. The van der Waals surface area contributed by atoms with Gasteiger partial charge in [-0.2, -0.15) is 14.9 Å². The van der Waals surface area contributed by atoms with Gasteiger partial charge in [-0.1, -0.05) is 6.08 Å². The van der Waals surface area contributed by atoms with E-state index in [1.165, 1.54) is 13.0 Å². The molecule has 200 valence electrons. The van der Waals surface area contributed by atoms with Gasteiger partial charge in [0.15, 0.2) is 22.7 Å². The standard InChI is InChI=1S/C29H25F2N3O5/c1-27-20(35)13-29(39-27,11-12-38-19-9-8-17(14-32)23(30)24(19)31)22-21(27)25(36)34(26(22)37)28(15-33)10-4-6-16-5-2-3-7-18(16)28/h7-9,13,16,35H,2-6,10-12H2,1H3. The van der Waals surface area contributed by atoms with E-state index in [0.717, 1.165) is 48.3 Å². The molecule has 6 rings (SSSR count). The summed E-state index contributed by atoms with van der Waals surface area (Å²) in [5.41, 5.74) is -4.17. The van der Waals surface area contributed by atoms with E-state index in [1.807, 2.05) is 6.08 Å². The largest absolute Gasteiger partial charge is 0.509 e. The number of carbonyl (C=O) groups excluding carboxylic acids is 2. The van der Waals surface area contributed by atoms with Crippen LogP contribution >= 0.6 is 0 Å². The van der Waals surface area contributed by atoms with Crippen molar-refractivity contribution in [1.29, 1.82) is 10.5 Å². The van der Waals surface area contributed by atoms with Gasteiger partial charge in [-0.05, 0) is 75.1 Å². The van der Waals surface area contributed by atoms with Crippen molar-refractivity contribution in [2.45, 2.75) is 68.6 Å². The molecule has 0 aromatic heterocycles. The second-order valence-electron chi connectivity index (χ2n) is 10.9. The zero-order valence-corrected chi connectivity index (χ0v) is 21.2. The molecular weight excluding hydrogens is 508 g/mol. The first-order valence-corrected chi connectivity index (χ1v) is 13.0. The molecule has 1 fully saturated rings. The van der Waals surface area contributed by atoms with Gasteiger partial charge in [-0.25, -0.2) is 4.39 Å². The van der Waals surface area contributed by atoms with Crippen molar-refractivity contribution in [3.8, 4) is 17.9 Å². The van der Waals surface area contributed by atoms with E-state index in [2.05, 4.69) is 6.07 Å². The number of amides is 2. The first kappa shape index (κ1) is 25.3. The maximum absolute atomic E-state index is 14.4. The van der Waals surface area contributed by atoms with Crippen molar-refractivity contribution in [2.75, 3.05) is 6.61 Å². The highest BCUT2D eigenvalue weighted by Gasteiger charge is 2.70. The molecule has 2 amide bonds. The molecule has 1 aromatic carbocycles. The molecule has 0 saturated heterocycles. The van der Waals surface area contributed by atoms with Crippen molar-refractivity contribution < 1.29 is 33.0 Å². The van der Waals surface area contributed by atoms with Gasteiger partial charge < -0.3 is 14.6 Å². The second kappa shape index (κ2) is 8.49. The van der Waals surface area contributed by atoms with Crippen molar-refractivity contribution in [3.63, 3.8) is 0 Å². The van der Waals surface area contributed by atoms with Crippen LogP contribution in [-0.4, -0.2) is 45.2 Å². The Balaban J connectivity index is 1.33. The van der Waals surface area contributed by atoms with Crippen molar-refractivity contribution in [3.05, 3.63) is 64.0 Å². The van der Waals surface area contributed by atoms with Crippen LogP contribution < -0.4 is 4.74 Å². The number of fused-ring (bicyclic) bond motifs is 5. The third-order valence-corrected chi connectivity index (χ3v) is 8.82. The van der Waals surface area contributed by atoms with Gasteiger partial charge in [-0.3, -0.25) is 14.5 Å². The van der Waals surface area contributed by atoms with Crippen molar-refractivity contribution in [2.24, 2.45) is 5.92 Å². The van der Waals surface area contributed by atoms with E-state index in [9.17, 15) is 28.7 Å². The highest BCUT2D eigenvalue weighted by molar-refractivity contribution is 6.24. The van der Waals surface area contributed by atoms with Crippen LogP contribution in [0, 0.1) is 40.2 Å². The Kier molecular flexibility index (Phi) is 5.50. The number of rotatable bonds is 5. The zero-order valence-electron chi connectivity index (χ0n) is 21.2. The first-order chi connectivity index (χ1) is 18.6. The molecule has 4 unspecified atom stereocenters. The molecule has 5 aliphatic rings. The summed E-state index contributed by atoms with van der Waals surface area (Å²) in [5, 5.41) is 30.2. The lowest BCUT2D eigenvalue weighted by Crippen LogP contribution is -2.58. The van der Waals surface area contributed by atoms with Gasteiger partial charge in [0.2, 0.25) is 5.82 Å². The predicted octanol–water partition coefficient (Wildman–Crippen LogP) is 4.43. The highest BCUT2D eigenvalue weighted by atomic mass is 19.2. The molecule has 8 nitrogen and oxygen atoms in total. The lowest BCUT2D eigenvalue weighted by Gasteiger charge is -2.46. The number of hydrogen-bond acceptors (Lipinski definition) is 7. The van der Waals surface area contributed by atoms with Crippen LogP contribution in [0.2, 0.25) is 0 Å². The molecule has 39 heavy (non-hydrogen) atoms. The van der Waals surface area contributed by atoms with Gasteiger partial charge in [0.1, 0.15) is 17.4 Å². The normalized spacial score (nSPS) is 32.8. The van der Waals surface area contributed by atoms with Crippen LogP contribution in [0.4, 0.5) is 8.78 Å². The Morgan fingerprint density at radius 1 is 1.15 bits per heavy atom. The quantitative estimate of drug-likeness (QED) is 0.439. The molecule has 3 aliphatic heterocycles. The number of nitriles is 2. The summed E-state index contributed by atoms with van der Waals surface area (Å²) in [4.78, 5) is 29.1. The maximum atomic E-state index is 14.4. The van der Waals surface area contributed by atoms with Crippen LogP contribution in [0.25, 0.3) is 0 Å². The van der Waals surface area contributed by atoms with E-state index in [4.69, 9.17) is 14.7 Å². The number of aliphatic hydroxyl groups excluding tert-OH is 1. The number of hydrogen-bond donors (Lipinski definition) is 1. The lowest BCUT2D eigenvalue weighted by atomic mass is 9.67. The van der Waals surface area contributed by atoms with Gasteiger partial charge >= 0.3 is 0 Å². The smallest absolute Gasteiger partial charge is 0.262 e. The number of carbonyl (C=O) groups is 2. The number of allylic oxidation sites excluding steroid dienone is 1. The zero-order chi connectivity index (χ0) is 27.7. The minimum atomic E-state index is -1.59. The van der Waals surface area contributed by atoms with Crippen molar-refractivity contribution >= 4 is 11.8 Å². The van der Waals surface area contributed by atoms with Gasteiger partial charge in [-0.15, -0.1) is 0 Å². The van der Waals surface area contributed by atoms with E-state index in [0.29, 0.717) is 12.8 Å². The average Bonchev–Trinajstić information content (AvgIpc) is 3.47. The van der Waals surface area contributed by atoms with Crippen LogP contribution in [0.5, 0.6) is 5.75 Å². The Morgan fingerprint density at radius 3 is 2.64 bits per heavy atom. The van der Waals surface area contributed by atoms with E-state index in [-0.39, 0.29) is 35.9 Å². The first-order valence-electron chi connectivity index (χ1n) is 13.0. The van der Waals surface area contributed by atoms with Gasteiger partial charge in [0.05, 0.1) is 29.4 Å². The monoisotopic (exact) mass is 533 g/mol.